The van der Waals surface area contributed by atoms with Crippen molar-refractivity contribution in [3.63, 3.8) is 0 Å². The Labute approximate surface area is 89.3 Å². The van der Waals surface area contributed by atoms with Crippen LogP contribution in [-0.2, 0) is 14.3 Å². The second-order valence-electron chi connectivity index (χ2n) is 2.81. The highest BCUT2D eigenvalue weighted by Gasteiger charge is 2.24. The Morgan fingerprint density at radius 1 is 1.47 bits per heavy atom. The second-order valence-corrected chi connectivity index (χ2v) is 2.81. The minimum Gasteiger partial charge on any atom is -0.468 e. The van der Waals surface area contributed by atoms with Crippen molar-refractivity contribution in [2.45, 2.75) is 13.8 Å². The van der Waals surface area contributed by atoms with Gasteiger partial charge in [0.15, 0.2) is 5.78 Å². The minimum atomic E-state index is -0.850. The third kappa shape index (κ3) is 3.89. The molecule has 0 aromatic carbocycles. The van der Waals surface area contributed by atoms with Gasteiger partial charge in [-0.3, -0.25) is 14.6 Å². The summed E-state index contributed by atoms with van der Waals surface area (Å²) in [7, 11) is 1.24. The van der Waals surface area contributed by atoms with Crippen LogP contribution < -0.4 is 0 Å². The Morgan fingerprint density at radius 3 is 2.47 bits per heavy atom. The number of ketones is 1. The fourth-order valence-electron chi connectivity index (χ4n) is 0.877. The molecule has 0 aliphatic rings. The Morgan fingerprint density at radius 2 is 2.07 bits per heavy atom. The SMILES string of the molecule is C=CC(=N/C=C\C)C(=O)C(C)C(=O)OC. The molecular weight excluding hydrogens is 194 g/mol. The van der Waals surface area contributed by atoms with E-state index >= 15 is 0 Å². The molecule has 0 aliphatic heterocycles. The lowest BCUT2D eigenvalue weighted by atomic mass is 10.0. The molecular formula is C11H15NO3. The van der Waals surface area contributed by atoms with Crippen LogP contribution >= 0.6 is 0 Å². The summed E-state index contributed by atoms with van der Waals surface area (Å²) in [6.07, 6.45) is 4.47. The first-order valence-corrected chi connectivity index (χ1v) is 4.51. The normalized spacial score (nSPS) is 13.7. The highest BCUT2D eigenvalue weighted by atomic mass is 16.5. The number of carbonyl (C=O) groups excluding carboxylic acids is 2. The molecule has 0 rings (SSSR count). The minimum absolute atomic E-state index is 0.158. The van der Waals surface area contributed by atoms with Crippen LogP contribution in [0, 0.1) is 5.92 Å². The predicted octanol–water partition coefficient (Wildman–Crippen LogP) is 1.53. The van der Waals surface area contributed by atoms with Gasteiger partial charge in [0.05, 0.1) is 7.11 Å². The number of nitrogens with zero attached hydrogens (tertiary/aromatic N) is 1. The number of Topliss-reactive ketones (excluding diaryl/α,β-unsaturated/α-hetero) is 1. The third-order valence-corrected chi connectivity index (χ3v) is 1.76. The van der Waals surface area contributed by atoms with Crippen LogP contribution in [-0.4, -0.2) is 24.6 Å². The Kier molecular flexibility index (Phi) is 5.94. The highest BCUT2D eigenvalue weighted by molar-refractivity contribution is 6.47. The standard InChI is InChI=1S/C11H15NO3/c1-5-7-12-9(6-2)10(13)8(3)11(14)15-4/h5-8H,2H2,1,3-4H3/b7-5-,12-9?. The van der Waals surface area contributed by atoms with Crippen LogP contribution in [0.5, 0.6) is 0 Å². The largest absolute Gasteiger partial charge is 0.468 e. The van der Waals surface area contributed by atoms with Crippen molar-refractivity contribution >= 4 is 17.5 Å². The molecule has 82 valence electrons. The summed E-state index contributed by atoms with van der Waals surface area (Å²) in [5.74, 6) is -1.82. The van der Waals surface area contributed by atoms with Gasteiger partial charge in [-0.15, -0.1) is 0 Å². The van der Waals surface area contributed by atoms with Gasteiger partial charge in [0, 0.05) is 6.20 Å². The number of hydrogen-bond acceptors (Lipinski definition) is 4. The summed E-state index contributed by atoms with van der Waals surface area (Å²) < 4.78 is 4.47. The van der Waals surface area contributed by atoms with Gasteiger partial charge in [-0.05, 0) is 19.9 Å². The van der Waals surface area contributed by atoms with Crippen LogP contribution in [0.3, 0.4) is 0 Å². The van der Waals surface area contributed by atoms with E-state index in [0.29, 0.717) is 0 Å². The maximum Gasteiger partial charge on any atom is 0.316 e. The van der Waals surface area contributed by atoms with E-state index in [1.54, 1.807) is 13.0 Å². The third-order valence-electron chi connectivity index (χ3n) is 1.76. The molecule has 15 heavy (non-hydrogen) atoms. The zero-order valence-electron chi connectivity index (χ0n) is 9.19. The molecule has 0 amide bonds. The maximum atomic E-state index is 11.6. The van der Waals surface area contributed by atoms with Gasteiger partial charge in [0.2, 0.25) is 0 Å². The number of carbonyl (C=O) groups is 2. The van der Waals surface area contributed by atoms with E-state index in [9.17, 15) is 9.59 Å². The molecule has 0 saturated heterocycles. The fraction of sp³-hybridized carbons (Fsp3) is 0.364. The lowest BCUT2D eigenvalue weighted by Crippen LogP contribution is -2.27. The van der Waals surface area contributed by atoms with Gasteiger partial charge in [0.1, 0.15) is 11.6 Å². The average Bonchev–Trinajstić information content (AvgIpc) is 2.27. The smallest absolute Gasteiger partial charge is 0.316 e. The molecule has 4 nitrogen and oxygen atoms in total. The predicted molar refractivity (Wildman–Crippen MR) is 58.6 cm³/mol. The molecule has 0 N–H and O–H groups in total. The number of ether oxygens (including phenoxy) is 1. The summed E-state index contributed by atoms with van der Waals surface area (Å²) in [5, 5.41) is 0. The van der Waals surface area contributed by atoms with Crippen molar-refractivity contribution < 1.29 is 14.3 Å². The fourth-order valence-corrected chi connectivity index (χ4v) is 0.877. The Hall–Kier alpha value is -1.71. The van der Waals surface area contributed by atoms with Gasteiger partial charge in [-0.1, -0.05) is 12.7 Å². The summed E-state index contributed by atoms with van der Waals surface area (Å²) in [6, 6.07) is 0. The number of hydrogen-bond donors (Lipinski definition) is 0. The molecule has 0 radical (unpaired) electrons. The van der Waals surface area contributed by atoms with Gasteiger partial charge in [-0.2, -0.15) is 0 Å². The van der Waals surface area contributed by atoms with Crippen molar-refractivity contribution in [1.29, 1.82) is 0 Å². The lowest BCUT2D eigenvalue weighted by molar-refractivity contribution is -0.147. The molecule has 0 saturated carbocycles. The quantitative estimate of drug-likeness (QED) is 0.392. The summed E-state index contributed by atoms with van der Waals surface area (Å²) in [5.41, 5.74) is 0.158. The first kappa shape index (κ1) is 13.3. The molecule has 0 aromatic heterocycles. The van der Waals surface area contributed by atoms with Crippen molar-refractivity contribution in [2.24, 2.45) is 10.9 Å². The molecule has 0 bridgehead atoms. The van der Waals surface area contributed by atoms with Crippen LogP contribution in [0.4, 0.5) is 0 Å². The van der Waals surface area contributed by atoms with Crippen LogP contribution in [0.25, 0.3) is 0 Å². The zero-order chi connectivity index (χ0) is 11.8. The maximum absolute atomic E-state index is 11.6. The average molecular weight is 209 g/mol. The number of rotatable bonds is 5. The first-order valence-electron chi connectivity index (χ1n) is 4.51. The Balaban J connectivity index is 4.81. The van der Waals surface area contributed by atoms with E-state index in [0.717, 1.165) is 0 Å². The summed E-state index contributed by atoms with van der Waals surface area (Å²) in [4.78, 5) is 26.6. The summed E-state index contributed by atoms with van der Waals surface area (Å²) >= 11 is 0. The number of aliphatic imine (C=N–C) groups is 1. The van der Waals surface area contributed by atoms with Gasteiger partial charge in [-0.25, -0.2) is 0 Å². The number of esters is 1. The van der Waals surface area contributed by atoms with Crippen LogP contribution in [0.1, 0.15) is 13.8 Å². The van der Waals surface area contributed by atoms with E-state index in [2.05, 4.69) is 16.3 Å². The number of methoxy groups -OCH3 is 1. The van der Waals surface area contributed by atoms with Crippen molar-refractivity contribution in [3.05, 3.63) is 24.9 Å². The van der Waals surface area contributed by atoms with Crippen LogP contribution in [0.2, 0.25) is 0 Å². The van der Waals surface area contributed by atoms with Gasteiger partial charge < -0.3 is 4.74 Å². The molecule has 0 fully saturated rings. The topological polar surface area (TPSA) is 55.7 Å². The van der Waals surface area contributed by atoms with E-state index in [1.807, 2.05) is 0 Å². The lowest BCUT2D eigenvalue weighted by Gasteiger charge is -2.06. The summed E-state index contributed by atoms with van der Waals surface area (Å²) in [6.45, 7) is 6.72. The van der Waals surface area contributed by atoms with Crippen LogP contribution in [0.15, 0.2) is 29.9 Å². The van der Waals surface area contributed by atoms with Crippen molar-refractivity contribution in [3.8, 4) is 0 Å². The zero-order valence-corrected chi connectivity index (χ0v) is 9.19. The second kappa shape index (κ2) is 6.70. The molecule has 0 heterocycles. The van der Waals surface area contributed by atoms with Gasteiger partial charge >= 0.3 is 5.97 Å². The molecule has 0 aliphatic carbocycles. The van der Waals surface area contributed by atoms with E-state index in [4.69, 9.17) is 0 Å². The van der Waals surface area contributed by atoms with E-state index in [-0.39, 0.29) is 5.71 Å². The Bertz CT molecular complexity index is 316. The molecule has 0 aromatic rings. The van der Waals surface area contributed by atoms with Gasteiger partial charge in [0.25, 0.3) is 0 Å². The number of allylic oxidation sites excluding steroid dienone is 2. The molecule has 1 atom stereocenters. The monoisotopic (exact) mass is 209 g/mol. The van der Waals surface area contributed by atoms with E-state index in [1.165, 1.54) is 26.3 Å². The van der Waals surface area contributed by atoms with Crippen molar-refractivity contribution in [1.82, 2.24) is 0 Å². The van der Waals surface area contributed by atoms with Crippen molar-refractivity contribution in [2.75, 3.05) is 7.11 Å². The highest BCUT2D eigenvalue weighted by Crippen LogP contribution is 2.02. The first-order chi connectivity index (χ1) is 7.08. The van der Waals surface area contributed by atoms with E-state index < -0.39 is 17.7 Å². The molecule has 0 spiro atoms. The molecule has 4 heteroatoms. The molecule has 1 unspecified atom stereocenters.